The second kappa shape index (κ2) is 6.87. The second-order valence-corrected chi connectivity index (χ2v) is 5.77. The summed E-state index contributed by atoms with van der Waals surface area (Å²) in [5.41, 5.74) is 1.45. The Morgan fingerprint density at radius 3 is 2.48 bits per heavy atom. The molecular weight excluding hydrogens is 317 g/mol. The van der Waals surface area contributed by atoms with Gasteiger partial charge in [0, 0.05) is 31.9 Å². The number of para-hydroxylation sites is 1. The van der Waals surface area contributed by atoms with Crippen molar-refractivity contribution in [3.63, 3.8) is 0 Å². The van der Waals surface area contributed by atoms with E-state index >= 15 is 0 Å². The topological polar surface area (TPSA) is 35.6 Å². The molecule has 6 heteroatoms. The van der Waals surface area contributed by atoms with Gasteiger partial charge in [0.15, 0.2) is 0 Å². The first-order valence-corrected chi connectivity index (χ1v) is 7.82. The highest BCUT2D eigenvalue weighted by Crippen LogP contribution is 2.22. The van der Waals surface area contributed by atoms with Crippen molar-refractivity contribution in [1.82, 2.24) is 4.90 Å². The molecule has 23 heavy (non-hydrogen) atoms. The monoisotopic (exact) mass is 333 g/mol. The van der Waals surface area contributed by atoms with Crippen LogP contribution in [0.5, 0.6) is 0 Å². The number of hydrogen-bond donors (Lipinski definition) is 1. The number of nitrogens with zero attached hydrogens (tertiary/aromatic N) is 2. The fraction of sp³-hybridized carbons (Fsp3) is 0.235. The van der Waals surface area contributed by atoms with Crippen LogP contribution in [0, 0.1) is 5.82 Å². The molecule has 0 bridgehead atoms. The second-order valence-electron chi connectivity index (χ2n) is 5.36. The van der Waals surface area contributed by atoms with Crippen LogP contribution in [0.4, 0.5) is 20.6 Å². The van der Waals surface area contributed by atoms with E-state index < -0.39 is 0 Å². The first-order valence-electron chi connectivity index (χ1n) is 7.44. The number of halogens is 2. The van der Waals surface area contributed by atoms with Crippen LogP contribution in [-0.4, -0.2) is 37.1 Å². The van der Waals surface area contributed by atoms with E-state index in [1.165, 1.54) is 12.1 Å². The molecule has 1 heterocycles. The number of rotatable bonds is 2. The Balaban J connectivity index is 1.58. The quantitative estimate of drug-likeness (QED) is 0.906. The fourth-order valence-corrected chi connectivity index (χ4v) is 2.78. The first-order chi connectivity index (χ1) is 11.1. The molecule has 0 atom stereocenters. The lowest BCUT2D eigenvalue weighted by molar-refractivity contribution is 0.208. The summed E-state index contributed by atoms with van der Waals surface area (Å²) >= 11 is 6.05. The van der Waals surface area contributed by atoms with Crippen molar-refractivity contribution in [2.45, 2.75) is 0 Å². The van der Waals surface area contributed by atoms with Gasteiger partial charge in [-0.1, -0.05) is 29.8 Å². The number of piperazine rings is 1. The molecular formula is C17H17ClFN3O. The molecule has 4 nitrogen and oxygen atoms in total. The zero-order valence-corrected chi connectivity index (χ0v) is 13.3. The maximum absolute atomic E-state index is 13.3. The summed E-state index contributed by atoms with van der Waals surface area (Å²) < 4.78 is 13.3. The number of benzene rings is 2. The minimum atomic E-state index is -0.249. The summed E-state index contributed by atoms with van der Waals surface area (Å²) in [7, 11) is 0. The third-order valence-electron chi connectivity index (χ3n) is 3.86. The van der Waals surface area contributed by atoms with Gasteiger partial charge in [-0.15, -0.1) is 0 Å². The number of anilines is 2. The van der Waals surface area contributed by atoms with Gasteiger partial charge < -0.3 is 15.1 Å². The average molecular weight is 334 g/mol. The van der Waals surface area contributed by atoms with Crippen LogP contribution in [0.15, 0.2) is 48.5 Å². The summed E-state index contributed by atoms with van der Waals surface area (Å²) in [5.74, 6) is -0.249. The summed E-state index contributed by atoms with van der Waals surface area (Å²) in [5, 5.41) is 3.33. The largest absolute Gasteiger partial charge is 0.368 e. The molecule has 2 amide bonds. The molecule has 0 aliphatic carbocycles. The van der Waals surface area contributed by atoms with Crippen molar-refractivity contribution in [2.75, 3.05) is 36.4 Å². The van der Waals surface area contributed by atoms with E-state index in [1.54, 1.807) is 23.1 Å². The number of carbonyl (C=O) groups is 1. The van der Waals surface area contributed by atoms with Crippen LogP contribution in [0.2, 0.25) is 5.02 Å². The lowest BCUT2D eigenvalue weighted by Gasteiger charge is -2.36. The molecule has 0 saturated carbocycles. The van der Waals surface area contributed by atoms with E-state index in [9.17, 15) is 9.18 Å². The van der Waals surface area contributed by atoms with E-state index in [4.69, 9.17) is 11.6 Å². The molecule has 1 aliphatic rings. The molecule has 2 aromatic rings. The van der Waals surface area contributed by atoms with Crippen LogP contribution in [0.1, 0.15) is 0 Å². The molecule has 0 radical (unpaired) electrons. The number of nitrogens with one attached hydrogen (secondary N) is 1. The highest BCUT2D eigenvalue weighted by molar-refractivity contribution is 6.33. The Bertz CT molecular complexity index is 702. The number of urea groups is 1. The maximum Gasteiger partial charge on any atom is 0.322 e. The Morgan fingerprint density at radius 2 is 1.78 bits per heavy atom. The predicted octanol–water partition coefficient (Wildman–Crippen LogP) is 3.83. The molecule has 1 N–H and O–H groups in total. The molecule has 1 fully saturated rings. The zero-order valence-electron chi connectivity index (χ0n) is 12.5. The van der Waals surface area contributed by atoms with E-state index in [0.29, 0.717) is 36.9 Å². The highest BCUT2D eigenvalue weighted by Gasteiger charge is 2.21. The van der Waals surface area contributed by atoms with Gasteiger partial charge in [0.05, 0.1) is 10.7 Å². The van der Waals surface area contributed by atoms with Crippen LogP contribution < -0.4 is 10.2 Å². The highest BCUT2D eigenvalue weighted by atomic mass is 35.5. The minimum Gasteiger partial charge on any atom is -0.368 e. The Hall–Kier alpha value is -2.27. The average Bonchev–Trinajstić information content (AvgIpc) is 2.57. The molecule has 0 aromatic heterocycles. The normalized spacial score (nSPS) is 14.7. The van der Waals surface area contributed by atoms with Crippen LogP contribution in [0.25, 0.3) is 0 Å². The molecule has 0 spiro atoms. The summed E-state index contributed by atoms with van der Waals surface area (Å²) in [4.78, 5) is 16.1. The van der Waals surface area contributed by atoms with Crippen molar-refractivity contribution in [2.24, 2.45) is 0 Å². The Kier molecular flexibility index (Phi) is 4.67. The SMILES string of the molecule is O=C(Nc1ccccc1Cl)N1CCN(c2cccc(F)c2)CC1. The third kappa shape index (κ3) is 3.74. The van der Waals surface area contributed by atoms with Crippen molar-refractivity contribution in [3.8, 4) is 0 Å². The minimum absolute atomic E-state index is 0.169. The maximum atomic E-state index is 13.3. The molecule has 120 valence electrons. The van der Waals surface area contributed by atoms with Gasteiger partial charge in [0.1, 0.15) is 5.82 Å². The molecule has 0 unspecified atom stereocenters. The van der Waals surface area contributed by atoms with Crippen molar-refractivity contribution < 1.29 is 9.18 Å². The molecule has 1 aliphatic heterocycles. The molecule has 2 aromatic carbocycles. The fourth-order valence-electron chi connectivity index (χ4n) is 2.60. The Morgan fingerprint density at radius 1 is 1.04 bits per heavy atom. The van der Waals surface area contributed by atoms with Gasteiger partial charge in [-0.3, -0.25) is 0 Å². The van der Waals surface area contributed by atoms with E-state index in [1.807, 2.05) is 18.2 Å². The third-order valence-corrected chi connectivity index (χ3v) is 4.19. The lowest BCUT2D eigenvalue weighted by Crippen LogP contribution is -2.50. The van der Waals surface area contributed by atoms with Crippen LogP contribution >= 0.6 is 11.6 Å². The van der Waals surface area contributed by atoms with Crippen molar-refractivity contribution >= 4 is 29.0 Å². The van der Waals surface area contributed by atoms with Crippen molar-refractivity contribution in [1.29, 1.82) is 0 Å². The van der Waals surface area contributed by atoms with E-state index in [2.05, 4.69) is 10.2 Å². The first kappa shape index (κ1) is 15.6. The van der Waals surface area contributed by atoms with Crippen molar-refractivity contribution in [3.05, 3.63) is 59.4 Å². The zero-order chi connectivity index (χ0) is 16.2. The summed E-state index contributed by atoms with van der Waals surface area (Å²) in [6.07, 6.45) is 0. The van der Waals surface area contributed by atoms with Gasteiger partial charge in [-0.05, 0) is 30.3 Å². The van der Waals surface area contributed by atoms with E-state index in [0.717, 1.165) is 5.69 Å². The van der Waals surface area contributed by atoms with Gasteiger partial charge in [0.25, 0.3) is 0 Å². The summed E-state index contributed by atoms with van der Waals surface area (Å²) in [6.45, 7) is 2.48. The van der Waals surface area contributed by atoms with Gasteiger partial charge in [-0.25, -0.2) is 9.18 Å². The van der Waals surface area contributed by atoms with Crippen LogP contribution in [-0.2, 0) is 0 Å². The van der Waals surface area contributed by atoms with Crippen LogP contribution in [0.3, 0.4) is 0 Å². The lowest BCUT2D eigenvalue weighted by atomic mass is 10.2. The molecule has 3 rings (SSSR count). The predicted molar refractivity (Wildman–Crippen MR) is 90.7 cm³/mol. The van der Waals surface area contributed by atoms with E-state index in [-0.39, 0.29) is 11.8 Å². The van der Waals surface area contributed by atoms with Gasteiger partial charge in [0.2, 0.25) is 0 Å². The Labute approximate surface area is 139 Å². The van der Waals surface area contributed by atoms with Gasteiger partial charge >= 0.3 is 6.03 Å². The summed E-state index contributed by atoms with van der Waals surface area (Å²) in [6, 6.07) is 13.5. The van der Waals surface area contributed by atoms with Gasteiger partial charge in [-0.2, -0.15) is 0 Å². The standard InChI is InChI=1S/C17H17ClFN3O/c18-15-6-1-2-7-16(15)20-17(23)22-10-8-21(9-11-22)14-5-3-4-13(19)12-14/h1-7,12H,8-11H2,(H,20,23). The number of carbonyl (C=O) groups excluding carboxylic acids is 1. The smallest absolute Gasteiger partial charge is 0.322 e. The molecule has 1 saturated heterocycles. The number of hydrogen-bond acceptors (Lipinski definition) is 2. The number of amides is 2.